The van der Waals surface area contributed by atoms with E-state index < -0.39 is 0 Å². The molecule has 4 heterocycles. The number of benzene rings is 1. The van der Waals surface area contributed by atoms with Crippen molar-refractivity contribution in [3.63, 3.8) is 0 Å². The predicted molar refractivity (Wildman–Crippen MR) is 145 cm³/mol. The summed E-state index contributed by atoms with van der Waals surface area (Å²) in [6.45, 7) is 6.79. The minimum absolute atomic E-state index is 0.190. The van der Waals surface area contributed by atoms with Crippen LogP contribution in [0.5, 0.6) is 0 Å². The van der Waals surface area contributed by atoms with Crippen LogP contribution < -0.4 is 0 Å². The molecular formula is C28H26FN5S. The lowest BCUT2D eigenvalue weighted by molar-refractivity contribution is 0.449. The second-order valence-electron chi connectivity index (χ2n) is 8.65. The first-order valence-corrected chi connectivity index (χ1v) is 12.1. The van der Waals surface area contributed by atoms with Gasteiger partial charge in [-0.25, -0.2) is 4.98 Å². The van der Waals surface area contributed by atoms with Gasteiger partial charge in [-0.3, -0.25) is 5.10 Å². The number of pyridine rings is 1. The molecular weight excluding hydrogens is 457 g/mol. The minimum Gasteiger partial charge on any atom is -0.353 e. The van der Waals surface area contributed by atoms with E-state index in [0.29, 0.717) is 5.65 Å². The third-order valence-corrected chi connectivity index (χ3v) is 6.83. The molecule has 0 radical (unpaired) electrons. The average Bonchev–Trinajstić information content (AvgIpc) is 3.58. The Bertz CT molecular complexity index is 1600. The number of nitrogens with zero attached hydrogens (tertiary/aromatic N) is 3. The van der Waals surface area contributed by atoms with Crippen molar-refractivity contribution in [3.8, 4) is 21.8 Å². The topological polar surface area (TPSA) is 60.6 Å². The van der Waals surface area contributed by atoms with Crippen LogP contribution in [0.25, 0.3) is 49.3 Å². The number of halogens is 1. The molecule has 0 aliphatic rings. The summed E-state index contributed by atoms with van der Waals surface area (Å²) >= 11 is 1.15. The van der Waals surface area contributed by atoms with Gasteiger partial charge < -0.3 is 9.88 Å². The van der Waals surface area contributed by atoms with Crippen LogP contribution in [0.1, 0.15) is 12.5 Å². The van der Waals surface area contributed by atoms with Crippen LogP contribution >= 0.6 is 11.3 Å². The molecule has 5 aromatic rings. The quantitative estimate of drug-likeness (QED) is 0.244. The zero-order valence-electron chi connectivity index (χ0n) is 19.9. The fourth-order valence-corrected chi connectivity index (χ4v) is 5.06. The normalized spacial score (nSPS) is 12.8. The van der Waals surface area contributed by atoms with Crippen LogP contribution in [0.15, 0.2) is 79.0 Å². The van der Waals surface area contributed by atoms with Gasteiger partial charge in [0.1, 0.15) is 0 Å². The number of nitrogens with one attached hydrogen (secondary N) is 2. The van der Waals surface area contributed by atoms with Crippen LogP contribution in [0.2, 0.25) is 0 Å². The Labute approximate surface area is 207 Å². The fourth-order valence-electron chi connectivity index (χ4n) is 4.29. The highest BCUT2D eigenvalue weighted by atomic mass is 32.1. The van der Waals surface area contributed by atoms with E-state index in [2.05, 4.69) is 55.9 Å². The zero-order chi connectivity index (χ0) is 24.5. The smallest absolute Gasteiger partial charge is 0.181 e. The summed E-state index contributed by atoms with van der Waals surface area (Å²) in [5, 5.41) is 9.36. The Balaban J connectivity index is 1.59. The molecule has 0 saturated heterocycles. The van der Waals surface area contributed by atoms with Gasteiger partial charge in [-0.1, -0.05) is 36.9 Å². The van der Waals surface area contributed by atoms with Crippen molar-refractivity contribution in [2.45, 2.75) is 6.92 Å². The summed E-state index contributed by atoms with van der Waals surface area (Å²) in [7, 11) is 4.08. The summed E-state index contributed by atoms with van der Waals surface area (Å²) in [4.78, 5) is 11.1. The second-order valence-corrected chi connectivity index (χ2v) is 9.69. The number of aromatic nitrogens is 4. The lowest BCUT2D eigenvalue weighted by atomic mass is 10.0. The highest BCUT2D eigenvalue weighted by Gasteiger charge is 2.15. The highest BCUT2D eigenvalue weighted by molar-refractivity contribution is 7.14. The molecule has 35 heavy (non-hydrogen) atoms. The van der Waals surface area contributed by atoms with Gasteiger partial charge in [0.2, 0.25) is 0 Å². The number of allylic oxidation sites excluding steroid dienone is 3. The van der Waals surface area contributed by atoms with Crippen LogP contribution in [-0.2, 0) is 0 Å². The molecule has 0 aliphatic heterocycles. The molecule has 0 atom stereocenters. The highest BCUT2D eigenvalue weighted by Crippen LogP contribution is 2.36. The number of H-pyrrole nitrogens is 2. The molecule has 1 aromatic carbocycles. The molecule has 0 unspecified atom stereocenters. The molecule has 0 amide bonds. The van der Waals surface area contributed by atoms with Gasteiger partial charge in [0, 0.05) is 45.0 Å². The van der Waals surface area contributed by atoms with Gasteiger partial charge in [-0.15, -0.1) is 11.3 Å². The molecule has 0 fully saturated rings. The van der Waals surface area contributed by atoms with E-state index in [1.54, 1.807) is 0 Å². The number of likely N-dealkylation sites (N-methyl/N-ethyl adjacent to an activating group) is 1. The van der Waals surface area contributed by atoms with Crippen LogP contribution in [0.3, 0.4) is 0 Å². The summed E-state index contributed by atoms with van der Waals surface area (Å²) in [6.07, 6.45) is 7.96. The lowest BCUT2D eigenvalue weighted by Crippen LogP contribution is -2.14. The molecule has 7 heteroatoms. The Morgan fingerprint density at radius 1 is 1.17 bits per heavy atom. The third-order valence-electron chi connectivity index (χ3n) is 5.93. The van der Waals surface area contributed by atoms with Gasteiger partial charge in [0.05, 0.1) is 11.4 Å². The molecule has 4 aromatic heterocycles. The van der Waals surface area contributed by atoms with Gasteiger partial charge in [0.15, 0.2) is 10.8 Å². The number of hydrogen-bond acceptors (Lipinski definition) is 4. The van der Waals surface area contributed by atoms with E-state index in [0.717, 1.165) is 72.7 Å². The molecule has 5 rings (SSSR count). The van der Waals surface area contributed by atoms with Crippen LogP contribution in [-0.4, -0.2) is 45.7 Å². The molecule has 5 nitrogen and oxygen atoms in total. The Morgan fingerprint density at radius 3 is 2.74 bits per heavy atom. The molecule has 0 spiro atoms. The average molecular weight is 484 g/mol. The zero-order valence-corrected chi connectivity index (χ0v) is 20.7. The van der Waals surface area contributed by atoms with Crippen molar-refractivity contribution in [2.24, 2.45) is 0 Å². The Morgan fingerprint density at radius 2 is 2.03 bits per heavy atom. The molecule has 0 bridgehead atoms. The molecule has 0 saturated carbocycles. The summed E-state index contributed by atoms with van der Waals surface area (Å²) in [5.41, 5.74) is 7.61. The SMILES string of the molecule is C=C/C(=C\C(=C/C)c1cnc2n[nH]c(-c3cc4c(-c5ccc(F)s5)cccc4[nH]3)c2c1)CN(C)C. The van der Waals surface area contributed by atoms with Crippen molar-refractivity contribution in [3.05, 3.63) is 89.7 Å². The first-order chi connectivity index (χ1) is 17.0. The van der Waals surface area contributed by atoms with Crippen LogP contribution in [0, 0.1) is 5.13 Å². The van der Waals surface area contributed by atoms with E-state index in [4.69, 9.17) is 0 Å². The lowest BCUT2D eigenvalue weighted by Gasteiger charge is -2.11. The van der Waals surface area contributed by atoms with Gasteiger partial charge in [-0.05, 0) is 62.5 Å². The van der Waals surface area contributed by atoms with Crippen molar-refractivity contribution >= 4 is 38.8 Å². The maximum absolute atomic E-state index is 13.7. The number of fused-ring (bicyclic) bond motifs is 2. The second kappa shape index (κ2) is 9.44. The standard InChI is InChI=1S/C28H26FN5S/c1-5-17(16-34(3)4)12-18(6-2)19-13-22-27(32-33-28(22)30-15-19)24-14-21-20(8-7-9-23(21)31-24)25-10-11-26(29)35-25/h5-15,31H,1,16H2,2-4H3,(H,30,32,33)/b17-12+,18-6+. The van der Waals surface area contributed by atoms with Crippen molar-refractivity contribution < 1.29 is 4.39 Å². The number of rotatable bonds is 7. The molecule has 176 valence electrons. The maximum Gasteiger partial charge on any atom is 0.181 e. The maximum atomic E-state index is 13.7. The number of hydrogen-bond donors (Lipinski definition) is 2. The summed E-state index contributed by atoms with van der Waals surface area (Å²) in [6, 6.07) is 13.6. The van der Waals surface area contributed by atoms with Crippen molar-refractivity contribution in [1.82, 2.24) is 25.1 Å². The largest absolute Gasteiger partial charge is 0.353 e. The fraction of sp³-hybridized carbons (Fsp3) is 0.143. The molecule has 0 aliphatic carbocycles. The molecule has 2 N–H and O–H groups in total. The summed E-state index contributed by atoms with van der Waals surface area (Å²) < 4.78 is 13.7. The minimum atomic E-state index is -0.190. The first kappa shape index (κ1) is 23.0. The van der Waals surface area contributed by atoms with E-state index in [9.17, 15) is 4.39 Å². The summed E-state index contributed by atoms with van der Waals surface area (Å²) in [5.74, 6) is 0. The number of aromatic amines is 2. The Hall–Kier alpha value is -3.81. The van der Waals surface area contributed by atoms with Crippen molar-refractivity contribution in [2.75, 3.05) is 20.6 Å². The van der Waals surface area contributed by atoms with E-state index in [1.165, 1.54) is 6.07 Å². The predicted octanol–water partition coefficient (Wildman–Crippen LogP) is 7.05. The van der Waals surface area contributed by atoms with Gasteiger partial charge in [-0.2, -0.15) is 9.49 Å². The van der Waals surface area contributed by atoms with Crippen LogP contribution in [0.4, 0.5) is 4.39 Å². The number of thiophene rings is 1. The first-order valence-electron chi connectivity index (χ1n) is 11.3. The van der Waals surface area contributed by atoms with Gasteiger partial charge >= 0.3 is 0 Å². The monoisotopic (exact) mass is 483 g/mol. The van der Waals surface area contributed by atoms with Gasteiger partial charge in [0.25, 0.3) is 0 Å². The Kier molecular flexibility index (Phi) is 6.19. The van der Waals surface area contributed by atoms with Crippen molar-refractivity contribution in [1.29, 1.82) is 0 Å². The third kappa shape index (κ3) is 4.48. The van der Waals surface area contributed by atoms with E-state index in [-0.39, 0.29) is 5.13 Å². The van der Waals surface area contributed by atoms with E-state index >= 15 is 0 Å². The van der Waals surface area contributed by atoms with E-state index in [1.807, 2.05) is 57.6 Å².